The molecular weight excluding hydrogens is 226 g/mol. The highest BCUT2D eigenvalue weighted by Gasteiger charge is 2.37. The molecule has 3 nitrogen and oxygen atoms in total. The van der Waals surface area contributed by atoms with Crippen LogP contribution in [-0.2, 0) is 4.79 Å². The number of aliphatic hydroxyl groups is 1. The molecule has 18 heavy (non-hydrogen) atoms. The van der Waals surface area contributed by atoms with Crippen molar-refractivity contribution in [1.29, 1.82) is 0 Å². The number of carbonyl (C=O) groups excluding carboxylic acids is 1. The second-order valence-electron chi connectivity index (χ2n) is 5.71. The topological polar surface area (TPSA) is 49.3 Å². The van der Waals surface area contributed by atoms with E-state index in [-0.39, 0.29) is 18.1 Å². The zero-order valence-electron chi connectivity index (χ0n) is 11.8. The van der Waals surface area contributed by atoms with Gasteiger partial charge in [-0.2, -0.15) is 0 Å². The number of rotatable bonds is 10. The lowest BCUT2D eigenvalue weighted by atomic mass is 9.77. The fraction of sp³-hybridized carbons (Fsp3) is 0.933. The van der Waals surface area contributed by atoms with E-state index in [0.29, 0.717) is 6.42 Å². The van der Waals surface area contributed by atoms with E-state index in [1.807, 2.05) is 0 Å². The predicted molar refractivity (Wildman–Crippen MR) is 74.4 cm³/mol. The lowest BCUT2D eigenvalue weighted by Gasteiger charge is -2.41. The number of carbonyl (C=O) groups is 1. The Hall–Kier alpha value is -0.570. The molecule has 0 aromatic heterocycles. The summed E-state index contributed by atoms with van der Waals surface area (Å²) in [5.41, 5.74) is -0.266. The van der Waals surface area contributed by atoms with E-state index in [0.717, 1.165) is 32.1 Å². The van der Waals surface area contributed by atoms with Gasteiger partial charge >= 0.3 is 0 Å². The van der Waals surface area contributed by atoms with Crippen LogP contribution in [0.2, 0.25) is 0 Å². The molecule has 1 fully saturated rings. The minimum absolute atomic E-state index is 0.0930. The molecule has 0 aliphatic heterocycles. The Morgan fingerprint density at radius 2 is 1.72 bits per heavy atom. The van der Waals surface area contributed by atoms with E-state index in [1.54, 1.807) is 0 Å². The summed E-state index contributed by atoms with van der Waals surface area (Å²) in [6, 6.07) is 0. The molecular formula is C15H29NO2. The van der Waals surface area contributed by atoms with Crippen LogP contribution in [0.5, 0.6) is 0 Å². The average Bonchev–Trinajstić information content (AvgIpc) is 2.33. The van der Waals surface area contributed by atoms with Gasteiger partial charge in [0.05, 0.1) is 12.1 Å². The van der Waals surface area contributed by atoms with Crippen molar-refractivity contribution >= 4 is 5.91 Å². The highest BCUT2D eigenvalue weighted by atomic mass is 16.3. The van der Waals surface area contributed by atoms with Crippen molar-refractivity contribution in [2.45, 2.75) is 83.1 Å². The Morgan fingerprint density at radius 3 is 2.22 bits per heavy atom. The SMILES string of the molecule is CCCCCCCCCC(=O)NC1(CO)CCC1. The van der Waals surface area contributed by atoms with E-state index in [4.69, 9.17) is 0 Å². The number of nitrogens with one attached hydrogen (secondary N) is 1. The molecule has 1 aliphatic carbocycles. The van der Waals surface area contributed by atoms with Crippen molar-refractivity contribution in [2.24, 2.45) is 0 Å². The van der Waals surface area contributed by atoms with Gasteiger partial charge in [-0.25, -0.2) is 0 Å². The fourth-order valence-corrected chi connectivity index (χ4v) is 2.53. The van der Waals surface area contributed by atoms with Crippen molar-refractivity contribution in [3.63, 3.8) is 0 Å². The first kappa shape index (κ1) is 15.5. The molecule has 0 saturated heterocycles. The Bertz CT molecular complexity index is 231. The van der Waals surface area contributed by atoms with Crippen molar-refractivity contribution in [2.75, 3.05) is 6.61 Å². The number of unbranched alkanes of at least 4 members (excludes halogenated alkanes) is 6. The van der Waals surface area contributed by atoms with Gasteiger partial charge < -0.3 is 10.4 Å². The Balaban J connectivity index is 1.97. The van der Waals surface area contributed by atoms with Crippen LogP contribution in [0.25, 0.3) is 0 Å². The van der Waals surface area contributed by atoms with Gasteiger partial charge in [0.15, 0.2) is 0 Å². The van der Waals surface area contributed by atoms with Gasteiger partial charge in [0, 0.05) is 6.42 Å². The van der Waals surface area contributed by atoms with Gasteiger partial charge in [0.1, 0.15) is 0 Å². The van der Waals surface area contributed by atoms with E-state index in [2.05, 4.69) is 12.2 Å². The summed E-state index contributed by atoms with van der Waals surface area (Å²) < 4.78 is 0. The summed E-state index contributed by atoms with van der Waals surface area (Å²) in [4.78, 5) is 11.7. The summed E-state index contributed by atoms with van der Waals surface area (Å²) in [6.07, 6.45) is 12.3. The van der Waals surface area contributed by atoms with Gasteiger partial charge in [-0.05, 0) is 25.7 Å². The van der Waals surface area contributed by atoms with Crippen LogP contribution in [-0.4, -0.2) is 23.2 Å². The second-order valence-corrected chi connectivity index (χ2v) is 5.71. The van der Waals surface area contributed by atoms with Crippen LogP contribution in [0.15, 0.2) is 0 Å². The number of amides is 1. The van der Waals surface area contributed by atoms with Gasteiger partial charge in [0.2, 0.25) is 5.91 Å². The van der Waals surface area contributed by atoms with Gasteiger partial charge in [0.25, 0.3) is 0 Å². The molecule has 3 heteroatoms. The predicted octanol–water partition coefficient (Wildman–Crippen LogP) is 3.16. The minimum Gasteiger partial charge on any atom is -0.394 e. The molecule has 0 radical (unpaired) electrons. The smallest absolute Gasteiger partial charge is 0.220 e. The van der Waals surface area contributed by atoms with Crippen molar-refractivity contribution in [3.05, 3.63) is 0 Å². The largest absolute Gasteiger partial charge is 0.394 e. The van der Waals surface area contributed by atoms with Crippen LogP contribution in [0, 0.1) is 0 Å². The first-order valence-electron chi connectivity index (χ1n) is 7.64. The standard InChI is InChI=1S/C15H29NO2/c1-2-3-4-5-6-7-8-10-14(18)16-15(13-17)11-9-12-15/h17H,2-13H2,1H3,(H,16,18). The van der Waals surface area contributed by atoms with Gasteiger partial charge in [-0.15, -0.1) is 0 Å². The molecule has 0 heterocycles. The highest BCUT2D eigenvalue weighted by molar-refractivity contribution is 5.76. The first-order chi connectivity index (χ1) is 8.72. The molecule has 0 bridgehead atoms. The molecule has 1 aliphatic rings. The molecule has 1 amide bonds. The van der Waals surface area contributed by atoms with Gasteiger partial charge in [-0.1, -0.05) is 45.4 Å². The maximum absolute atomic E-state index is 11.7. The second kappa shape index (κ2) is 8.52. The number of hydrogen-bond acceptors (Lipinski definition) is 2. The van der Waals surface area contributed by atoms with Crippen LogP contribution >= 0.6 is 0 Å². The van der Waals surface area contributed by atoms with Crippen molar-refractivity contribution < 1.29 is 9.90 Å². The summed E-state index contributed by atoms with van der Waals surface area (Å²) in [5.74, 6) is 0.123. The molecule has 1 saturated carbocycles. The molecule has 0 aromatic carbocycles. The Kier molecular flexibility index (Phi) is 7.33. The lowest BCUT2D eigenvalue weighted by Crippen LogP contribution is -2.56. The first-order valence-corrected chi connectivity index (χ1v) is 7.64. The normalized spacial score (nSPS) is 17.2. The Morgan fingerprint density at radius 1 is 1.11 bits per heavy atom. The van der Waals surface area contributed by atoms with Gasteiger partial charge in [-0.3, -0.25) is 4.79 Å². The lowest BCUT2D eigenvalue weighted by molar-refractivity contribution is -0.125. The minimum atomic E-state index is -0.266. The van der Waals surface area contributed by atoms with Crippen LogP contribution in [0.3, 0.4) is 0 Å². The van der Waals surface area contributed by atoms with Crippen LogP contribution in [0.4, 0.5) is 0 Å². The maximum Gasteiger partial charge on any atom is 0.220 e. The zero-order chi connectivity index (χ0) is 13.3. The maximum atomic E-state index is 11.7. The molecule has 106 valence electrons. The molecule has 1 rings (SSSR count). The zero-order valence-corrected chi connectivity index (χ0v) is 11.8. The van der Waals surface area contributed by atoms with Crippen LogP contribution < -0.4 is 5.32 Å². The molecule has 0 aromatic rings. The fourth-order valence-electron chi connectivity index (χ4n) is 2.53. The molecule has 0 spiro atoms. The van der Waals surface area contributed by atoms with Crippen molar-refractivity contribution in [1.82, 2.24) is 5.32 Å². The molecule has 2 N–H and O–H groups in total. The quantitative estimate of drug-likeness (QED) is 0.589. The highest BCUT2D eigenvalue weighted by Crippen LogP contribution is 2.31. The summed E-state index contributed by atoms with van der Waals surface area (Å²) in [7, 11) is 0. The van der Waals surface area contributed by atoms with E-state index in [9.17, 15) is 9.90 Å². The monoisotopic (exact) mass is 255 g/mol. The van der Waals surface area contributed by atoms with E-state index >= 15 is 0 Å². The molecule has 0 atom stereocenters. The summed E-state index contributed by atoms with van der Waals surface area (Å²) in [5, 5.41) is 12.3. The molecule has 0 unspecified atom stereocenters. The third kappa shape index (κ3) is 5.38. The Labute approximate surface area is 111 Å². The van der Waals surface area contributed by atoms with Crippen LogP contribution in [0.1, 0.15) is 77.6 Å². The van der Waals surface area contributed by atoms with Crippen molar-refractivity contribution in [3.8, 4) is 0 Å². The van der Waals surface area contributed by atoms with E-state index < -0.39 is 0 Å². The third-order valence-corrected chi connectivity index (χ3v) is 4.03. The number of aliphatic hydroxyl groups excluding tert-OH is 1. The average molecular weight is 255 g/mol. The summed E-state index contributed by atoms with van der Waals surface area (Å²) in [6.45, 7) is 2.32. The third-order valence-electron chi connectivity index (χ3n) is 4.03. The van der Waals surface area contributed by atoms with E-state index in [1.165, 1.54) is 32.1 Å². The number of hydrogen-bond donors (Lipinski definition) is 2. The summed E-state index contributed by atoms with van der Waals surface area (Å²) >= 11 is 0.